The van der Waals surface area contributed by atoms with Gasteiger partial charge in [-0.05, 0) is 140 Å². The van der Waals surface area contributed by atoms with Crippen molar-refractivity contribution < 1.29 is 9.50 Å². The summed E-state index contributed by atoms with van der Waals surface area (Å²) in [5.74, 6) is -0.151. The van der Waals surface area contributed by atoms with E-state index in [1.165, 1.54) is 39.1 Å². The van der Waals surface area contributed by atoms with Crippen LogP contribution in [0, 0.1) is 5.82 Å². The van der Waals surface area contributed by atoms with Gasteiger partial charge in [0, 0.05) is 45.5 Å². The number of benzene rings is 8. The van der Waals surface area contributed by atoms with Crippen LogP contribution >= 0.6 is 0 Å². The number of phenolic OH excluding ortho intramolecular Hbond substituents is 1. The number of hydrogen-bond donors (Lipinski definition) is 1. The molecule has 0 saturated heterocycles. The Morgan fingerprint density at radius 1 is 0.417 bits per heavy atom. The van der Waals surface area contributed by atoms with E-state index in [4.69, 9.17) is 9.97 Å². The number of aromatic nitrogens is 4. The maximum atomic E-state index is 14.6. The van der Waals surface area contributed by atoms with E-state index in [9.17, 15) is 9.50 Å². The molecule has 8 aromatic carbocycles. The van der Waals surface area contributed by atoms with E-state index in [1.807, 2.05) is 6.20 Å². The van der Waals surface area contributed by atoms with Gasteiger partial charge in [-0.25, -0.2) is 9.37 Å². The molecule has 11 rings (SSSR count). The highest BCUT2D eigenvalue weighted by molar-refractivity contribution is 6.10. The van der Waals surface area contributed by atoms with Gasteiger partial charge in [0.15, 0.2) is 0 Å². The first-order valence-corrected chi connectivity index (χ1v) is 24.9. The lowest BCUT2D eigenvalue weighted by molar-refractivity contribution is 0.470. The lowest BCUT2D eigenvalue weighted by Crippen LogP contribution is -2.17. The van der Waals surface area contributed by atoms with Crippen molar-refractivity contribution >= 4 is 32.8 Å². The number of pyridine rings is 1. The third-order valence-electron chi connectivity index (χ3n) is 14.2. The first-order chi connectivity index (χ1) is 34.4. The molecular formula is C66H59FN4O. The summed E-state index contributed by atoms with van der Waals surface area (Å²) in [5, 5.41) is 13.8. The zero-order valence-electron chi connectivity index (χ0n) is 42.5. The predicted octanol–water partition coefficient (Wildman–Crippen LogP) is 17.6. The molecule has 0 aliphatic rings. The molecule has 5 nitrogen and oxygen atoms in total. The summed E-state index contributed by atoms with van der Waals surface area (Å²) in [6, 6.07) is 63.1. The van der Waals surface area contributed by atoms with Crippen LogP contribution in [0.5, 0.6) is 5.75 Å². The average Bonchev–Trinajstić information content (AvgIpc) is 3.92. The zero-order chi connectivity index (χ0) is 50.3. The van der Waals surface area contributed by atoms with Crippen LogP contribution in [0.4, 0.5) is 4.39 Å². The number of imidazole rings is 1. The van der Waals surface area contributed by atoms with Gasteiger partial charge in [0.1, 0.15) is 17.4 Å². The number of nitrogens with zero attached hydrogens (tertiary/aromatic N) is 4. The van der Waals surface area contributed by atoms with E-state index in [1.54, 1.807) is 6.07 Å². The molecule has 0 bridgehead atoms. The van der Waals surface area contributed by atoms with Crippen molar-refractivity contribution in [3.63, 3.8) is 0 Å². The molecule has 3 heterocycles. The number of phenols is 1. The maximum Gasteiger partial charge on any atom is 0.149 e. The Hall–Kier alpha value is -8.09. The average molecular weight is 943 g/mol. The Balaban J connectivity index is 1.07. The topological polar surface area (TPSA) is 55.9 Å². The van der Waals surface area contributed by atoms with Crippen LogP contribution in [0.15, 0.2) is 188 Å². The third kappa shape index (κ3) is 8.45. The number of para-hydroxylation sites is 2. The van der Waals surface area contributed by atoms with E-state index in [-0.39, 0.29) is 22.0 Å². The maximum absolute atomic E-state index is 14.6. The molecule has 6 heteroatoms. The fraction of sp³-hybridized carbons (Fsp3) is 0.182. The molecule has 0 amide bonds. The molecule has 3 aromatic heterocycles. The molecule has 0 spiro atoms. The second kappa shape index (κ2) is 17.3. The molecule has 0 atom stereocenters. The molecule has 0 aliphatic carbocycles. The van der Waals surface area contributed by atoms with Crippen molar-refractivity contribution in [2.24, 2.45) is 0 Å². The summed E-state index contributed by atoms with van der Waals surface area (Å²) in [6.45, 7) is 20.1. The van der Waals surface area contributed by atoms with Gasteiger partial charge in [-0.1, -0.05) is 159 Å². The highest BCUT2D eigenvalue weighted by Crippen LogP contribution is 2.43. The molecule has 0 fully saturated rings. The van der Waals surface area contributed by atoms with E-state index < -0.39 is 5.82 Å². The molecule has 72 heavy (non-hydrogen) atoms. The quantitative estimate of drug-likeness (QED) is 0.173. The Morgan fingerprint density at radius 2 is 1.04 bits per heavy atom. The minimum Gasteiger partial charge on any atom is -0.507 e. The first-order valence-electron chi connectivity index (χ1n) is 24.9. The van der Waals surface area contributed by atoms with Gasteiger partial charge in [-0.2, -0.15) is 0 Å². The van der Waals surface area contributed by atoms with E-state index in [0.29, 0.717) is 11.4 Å². The minimum atomic E-state index is -0.512. The van der Waals surface area contributed by atoms with Crippen LogP contribution in [0.25, 0.3) is 100 Å². The number of rotatable bonds is 7. The van der Waals surface area contributed by atoms with Crippen LogP contribution in [-0.2, 0) is 16.2 Å². The third-order valence-corrected chi connectivity index (χ3v) is 14.2. The number of halogens is 1. The van der Waals surface area contributed by atoms with Crippen LogP contribution in [0.1, 0.15) is 79.0 Å². The van der Waals surface area contributed by atoms with Crippen LogP contribution in [-0.4, -0.2) is 24.2 Å². The van der Waals surface area contributed by atoms with Crippen LogP contribution in [0.2, 0.25) is 0 Å². The Bertz CT molecular complexity index is 3860. The summed E-state index contributed by atoms with van der Waals surface area (Å²) in [7, 11) is 0. The Morgan fingerprint density at radius 3 is 1.78 bits per heavy atom. The number of fused-ring (bicyclic) bond motifs is 4. The normalized spacial score (nSPS) is 12.4. The van der Waals surface area contributed by atoms with Gasteiger partial charge < -0.3 is 9.67 Å². The van der Waals surface area contributed by atoms with Crippen molar-refractivity contribution in [1.29, 1.82) is 0 Å². The standard InChI is InChI=1S/C66H59FN4O/c1-64(2,3)47-32-45(53-22-16-24-59-62(53)69-63(56-28-26-50(67)40-61(56)72)71(59)52-38-48(65(4,5)6)37-49(39-52)66(7,8)9)31-46(33-47)57-35-44(29-30-68-57)43-25-27-55-54-21-13-14-23-58(54)70(60(55)36-43)51-20-15-19-42(34-51)41-17-11-10-12-18-41/h10-40,72H,1-9H3. The lowest BCUT2D eigenvalue weighted by Gasteiger charge is -2.27. The fourth-order valence-electron chi connectivity index (χ4n) is 10.1. The summed E-state index contributed by atoms with van der Waals surface area (Å²) < 4.78 is 19.1. The fourth-order valence-corrected chi connectivity index (χ4v) is 10.1. The number of aromatic hydroxyl groups is 1. The second-order valence-corrected chi connectivity index (χ2v) is 22.4. The van der Waals surface area contributed by atoms with Gasteiger partial charge >= 0.3 is 0 Å². The van der Waals surface area contributed by atoms with Gasteiger partial charge in [0.2, 0.25) is 0 Å². The van der Waals surface area contributed by atoms with E-state index in [0.717, 1.165) is 78.6 Å². The van der Waals surface area contributed by atoms with Crippen molar-refractivity contribution in [3.8, 4) is 73.2 Å². The van der Waals surface area contributed by atoms with Gasteiger partial charge in [-0.15, -0.1) is 0 Å². The smallest absolute Gasteiger partial charge is 0.149 e. The summed E-state index contributed by atoms with van der Waals surface area (Å²) in [6.07, 6.45) is 1.92. The second-order valence-electron chi connectivity index (χ2n) is 22.4. The van der Waals surface area contributed by atoms with Crippen LogP contribution < -0.4 is 0 Å². The SMILES string of the molecule is CC(C)(C)c1cc(-c2cc(-c3ccc4c5ccccc5n(-c5cccc(-c6ccccc6)c5)c4c3)ccn2)cc(-c2cccc3c2nc(-c2ccc(F)cc2O)n3-c2cc(C(C)(C)C)cc(C(C)(C)C)c2)c1. The first kappa shape index (κ1) is 46.3. The molecule has 0 radical (unpaired) electrons. The Kier molecular flexibility index (Phi) is 11.2. The molecule has 356 valence electrons. The molecule has 0 aliphatic heterocycles. The van der Waals surface area contributed by atoms with E-state index in [2.05, 4.69) is 235 Å². The monoisotopic (exact) mass is 942 g/mol. The molecule has 11 aromatic rings. The van der Waals surface area contributed by atoms with Crippen molar-refractivity contribution in [1.82, 2.24) is 19.1 Å². The van der Waals surface area contributed by atoms with Gasteiger partial charge in [-0.3, -0.25) is 9.55 Å². The Labute approximate surface area is 421 Å². The van der Waals surface area contributed by atoms with Crippen molar-refractivity contribution in [2.45, 2.75) is 78.6 Å². The lowest BCUT2D eigenvalue weighted by atomic mass is 9.80. The minimum absolute atomic E-state index is 0.146. The summed E-state index contributed by atoms with van der Waals surface area (Å²) in [5.41, 5.74) is 17.8. The highest BCUT2D eigenvalue weighted by Gasteiger charge is 2.26. The molecule has 1 N–H and O–H groups in total. The largest absolute Gasteiger partial charge is 0.507 e. The van der Waals surface area contributed by atoms with Crippen LogP contribution in [0.3, 0.4) is 0 Å². The summed E-state index contributed by atoms with van der Waals surface area (Å²) >= 11 is 0. The van der Waals surface area contributed by atoms with E-state index >= 15 is 0 Å². The van der Waals surface area contributed by atoms with Gasteiger partial charge in [0.25, 0.3) is 0 Å². The van der Waals surface area contributed by atoms with Crippen molar-refractivity contribution in [3.05, 3.63) is 211 Å². The summed E-state index contributed by atoms with van der Waals surface area (Å²) in [4.78, 5) is 10.5. The molecular weight excluding hydrogens is 884 g/mol. The zero-order valence-corrected chi connectivity index (χ0v) is 42.5. The van der Waals surface area contributed by atoms with Gasteiger partial charge in [0.05, 0.1) is 33.3 Å². The van der Waals surface area contributed by atoms with Crippen molar-refractivity contribution in [2.75, 3.05) is 0 Å². The number of hydrogen-bond acceptors (Lipinski definition) is 3. The molecule has 0 unspecified atom stereocenters. The highest BCUT2D eigenvalue weighted by atomic mass is 19.1. The predicted molar refractivity (Wildman–Crippen MR) is 298 cm³/mol. The molecule has 0 saturated carbocycles.